The molecule has 5 rings (SSSR count). The lowest BCUT2D eigenvalue weighted by Gasteiger charge is -2.50. The highest BCUT2D eigenvalue weighted by atomic mass is 16.5. The van der Waals surface area contributed by atoms with Crippen molar-refractivity contribution in [3.63, 3.8) is 0 Å². The summed E-state index contributed by atoms with van der Waals surface area (Å²) in [4.78, 5) is 12.4. The Hall–Kier alpha value is -1.84. The van der Waals surface area contributed by atoms with Crippen LogP contribution in [0.4, 0.5) is 0 Å². The largest absolute Gasteiger partial charge is 0.496 e. The fraction of sp³-hybridized carbons (Fsp3) is 0.556. The fourth-order valence-electron chi connectivity index (χ4n) is 4.86. The Bertz CT molecular complexity index is 593. The number of carbonyl (C=O) groups is 1. The van der Waals surface area contributed by atoms with Gasteiger partial charge in [-0.15, -0.1) is 0 Å². The number of methoxy groups -OCH3 is 1. The van der Waals surface area contributed by atoms with Gasteiger partial charge in [0.2, 0.25) is 0 Å². The van der Waals surface area contributed by atoms with E-state index < -0.39 is 0 Å². The molecule has 1 aromatic carbocycles. The molecule has 116 valence electrons. The first kappa shape index (κ1) is 13.8. The number of benzene rings is 1. The maximum atomic E-state index is 12.4. The monoisotopic (exact) mass is 298 g/mol. The molecule has 4 nitrogen and oxygen atoms in total. The molecule has 1 amide bonds. The summed E-state index contributed by atoms with van der Waals surface area (Å²) >= 11 is 0. The zero-order valence-electron chi connectivity index (χ0n) is 12.9. The third-order valence-corrected chi connectivity index (χ3v) is 5.61. The molecule has 1 aromatic rings. The third kappa shape index (κ3) is 2.31. The molecule has 0 saturated heterocycles. The second kappa shape index (κ2) is 5.41. The fourth-order valence-corrected chi connectivity index (χ4v) is 4.86. The average molecular weight is 298 g/mol. The molecular formula is C18H22N2O2. The molecule has 1 N–H and O–H groups in total. The highest BCUT2D eigenvalue weighted by Gasteiger charge is 2.46. The molecule has 0 heterocycles. The van der Waals surface area contributed by atoms with E-state index in [1.807, 2.05) is 12.1 Å². The van der Waals surface area contributed by atoms with Gasteiger partial charge < -0.3 is 4.74 Å². The zero-order chi connectivity index (χ0) is 15.1. The van der Waals surface area contributed by atoms with Crippen LogP contribution in [0.25, 0.3) is 0 Å². The van der Waals surface area contributed by atoms with Crippen molar-refractivity contribution < 1.29 is 9.53 Å². The smallest absolute Gasteiger partial charge is 0.275 e. The maximum absolute atomic E-state index is 12.4. The van der Waals surface area contributed by atoms with E-state index in [0.717, 1.165) is 11.8 Å². The predicted molar refractivity (Wildman–Crippen MR) is 84.9 cm³/mol. The molecule has 4 bridgehead atoms. The highest BCUT2D eigenvalue weighted by molar-refractivity contribution is 5.98. The number of para-hydroxylation sites is 1. The van der Waals surface area contributed by atoms with Gasteiger partial charge in [-0.3, -0.25) is 4.79 Å². The summed E-state index contributed by atoms with van der Waals surface area (Å²) in [6.45, 7) is 0. The van der Waals surface area contributed by atoms with Crippen LogP contribution in [0.5, 0.6) is 5.75 Å². The number of carbonyl (C=O) groups excluding carboxylic acids is 1. The molecule has 0 aromatic heterocycles. The van der Waals surface area contributed by atoms with Gasteiger partial charge in [0.15, 0.2) is 0 Å². The number of nitrogens with zero attached hydrogens (tertiary/aromatic N) is 1. The molecule has 0 atom stereocenters. The minimum absolute atomic E-state index is 0.182. The number of nitrogens with one attached hydrogen (secondary N) is 1. The highest BCUT2D eigenvalue weighted by Crippen LogP contribution is 2.52. The normalized spacial score (nSPS) is 32.0. The Morgan fingerprint density at radius 1 is 1.09 bits per heavy atom. The van der Waals surface area contributed by atoms with E-state index in [1.54, 1.807) is 19.2 Å². The number of hydrogen-bond acceptors (Lipinski definition) is 3. The van der Waals surface area contributed by atoms with Crippen LogP contribution in [0.2, 0.25) is 0 Å². The van der Waals surface area contributed by atoms with Gasteiger partial charge in [-0.1, -0.05) is 12.1 Å². The average Bonchev–Trinajstić information content (AvgIpc) is 2.53. The first-order valence-electron chi connectivity index (χ1n) is 8.25. The summed E-state index contributed by atoms with van der Waals surface area (Å²) in [6, 6.07) is 7.27. The van der Waals surface area contributed by atoms with Gasteiger partial charge in [0.1, 0.15) is 5.75 Å². The van der Waals surface area contributed by atoms with Gasteiger partial charge in [0, 0.05) is 5.71 Å². The second-order valence-corrected chi connectivity index (χ2v) is 6.98. The molecule has 4 aliphatic rings. The first-order valence-corrected chi connectivity index (χ1v) is 8.25. The molecule has 4 aliphatic carbocycles. The van der Waals surface area contributed by atoms with Crippen molar-refractivity contribution in [1.82, 2.24) is 5.43 Å². The van der Waals surface area contributed by atoms with Crippen LogP contribution in [0, 0.1) is 23.7 Å². The van der Waals surface area contributed by atoms with E-state index in [9.17, 15) is 4.79 Å². The van der Waals surface area contributed by atoms with Crippen LogP contribution in [0.3, 0.4) is 0 Å². The van der Waals surface area contributed by atoms with E-state index in [-0.39, 0.29) is 5.91 Å². The zero-order valence-corrected chi connectivity index (χ0v) is 12.9. The molecule has 4 fully saturated rings. The van der Waals surface area contributed by atoms with Gasteiger partial charge in [-0.25, -0.2) is 5.43 Å². The minimum Gasteiger partial charge on any atom is -0.496 e. The van der Waals surface area contributed by atoms with E-state index >= 15 is 0 Å². The van der Waals surface area contributed by atoms with Crippen LogP contribution in [0.15, 0.2) is 29.4 Å². The van der Waals surface area contributed by atoms with E-state index in [2.05, 4.69) is 10.5 Å². The second-order valence-electron chi connectivity index (χ2n) is 6.98. The SMILES string of the molecule is COc1ccccc1C(=O)NN=C1C2CC3CC(C2)CC1C3. The molecule has 4 heteroatoms. The lowest BCUT2D eigenvalue weighted by molar-refractivity contribution is 0.0939. The molecule has 22 heavy (non-hydrogen) atoms. The minimum atomic E-state index is -0.182. The number of rotatable bonds is 3. The standard InChI is InChI=1S/C18H22N2O2/c1-22-16-5-3-2-4-15(16)18(21)20-19-17-13-7-11-6-12(9-13)10-14(17)8-11/h2-5,11-14H,6-10H2,1H3,(H,20,21). The van der Waals surface area contributed by atoms with Gasteiger partial charge in [0.05, 0.1) is 12.7 Å². The van der Waals surface area contributed by atoms with Gasteiger partial charge >= 0.3 is 0 Å². The topological polar surface area (TPSA) is 50.7 Å². The number of hydrazone groups is 1. The van der Waals surface area contributed by atoms with E-state index in [0.29, 0.717) is 23.1 Å². The Morgan fingerprint density at radius 3 is 2.36 bits per heavy atom. The van der Waals surface area contributed by atoms with Crippen molar-refractivity contribution in [2.24, 2.45) is 28.8 Å². The van der Waals surface area contributed by atoms with Crippen molar-refractivity contribution >= 4 is 11.6 Å². The number of hydrogen-bond donors (Lipinski definition) is 1. The predicted octanol–water partition coefficient (Wildman–Crippen LogP) is 3.24. The van der Waals surface area contributed by atoms with Crippen molar-refractivity contribution in [2.45, 2.75) is 32.1 Å². The van der Waals surface area contributed by atoms with Crippen LogP contribution < -0.4 is 10.2 Å². The molecule has 0 unspecified atom stereocenters. The Balaban J connectivity index is 1.51. The molecular weight excluding hydrogens is 276 g/mol. The summed E-state index contributed by atoms with van der Waals surface area (Å²) in [6.07, 6.45) is 6.52. The number of amides is 1. The summed E-state index contributed by atoms with van der Waals surface area (Å²) in [7, 11) is 1.58. The van der Waals surface area contributed by atoms with Crippen LogP contribution in [0.1, 0.15) is 42.5 Å². The van der Waals surface area contributed by atoms with Gasteiger partial charge in [0.25, 0.3) is 5.91 Å². The Kier molecular flexibility index (Phi) is 3.40. The lowest BCUT2D eigenvalue weighted by atomic mass is 9.55. The van der Waals surface area contributed by atoms with E-state index in [4.69, 9.17) is 4.74 Å². The van der Waals surface area contributed by atoms with E-state index in [1.165, 1.54) is 37.8 Å². The molecule has 0 radical (unpaired) electrons. The molecule has 0 spiro atoms. The number of ether oxygens (including phenoxy) is 1. The Morgan fingerprint density at radius 2 is 1.73 bits per heavy atom. The van der Waals surface area contributed by atoms with Crippen LogP contribution in [-0.2, 0) is 0 Å². The van der Waals surface area contributed by atoms with Crippen molar-refractivity contribution in [3.05, 3.63) is 29.8 Å². The van der Waals surface area contributed by atoms with Gasteiger partial charge in [-0.2, -0.15) is 5.10 Å². The van der Waals surface area contributed by atoms with Crippen LogP contribution in [-0.4, -0.2) is 18.7 Å². The van der Waals surface area contributed by atoms with Crippen LogP contribution >= 0.6 is 0 Å². The summed E-state index contributed by atoms with van der Waals surface area (Å²) in [5.41, 5.74) is 4.56. The maximum Gasteiger partial charge on any atom is 0.275 e. The summed E-state index contributed by atoms with van der Waals surface area (Å²) < 4.78 is 5.24. The molecule has 4 saturated carbocycles. The lowest BCUT2D eigenvalue weighted by Crippen LogP contribution is -2.46. The third-order valence-electron chi connectivity index (χ3n) is 5.61. The summed E-state index contributed by atoms with van der Waals surface area (Å²) in [5.74, 6) is 3.44. The summed E-state index contributed by atoms with van der Waals surface area (Å²) in [5, 5.41) is 4.54. The Labute approximate surface area is 130 Å². The molecule has 0 aliphatic heterocycles. The van der Waals surface area contributed by atoms with Gasteiger partial charge in [-0.05, 0) is 67.9 Å². The quantitative estimate of drug-likeness (QED) is 0.871. The van der Waals surface area contributed by atoms with Crippen molar-refractivity contribution in [1.29, 1.82) is 0 Å². The van der Waals surface area contributed by atoms with Crippen molar-refractivity contribution in [3.8, 4) is 5.75 Å². The first-order chi connectivity index (χ1) is 10.7. The van der Waals surface area contributed by atoms with Crippen molar-refractivity contribution in [2.75, 3.05) is 7.11 Å².